The molecule has 1 aromatic carbocycles. The summed E-state index contributed by atoms with van der Waals surface area (Å²) in [6, 6.07) is 14.2. The van der Waals surface area contributed by atoms with Crippen LogP contribution in [-0.2, 0) is 6.54 Å². The number of hydrogen-bond acceptors (Lipinski definition) is 3. The first-order chi connectivity index (χ1) is 8.45. The molecule has 2 rings (SSSR count). The molecule has 0 saturated heterocycles. The van der Waals surface area contributed by atoms with Crippen molar-refractivity contribution in [3.05, 3.63) is 52.7 Å². The van der Waals surface area contributed by atoms with E-state index in [1.54, 1.807) is 11.3 Å². The quantitative estimate of drug-likeness (QED) is 0.758. The maximum atomic E-state index is 5.61. The Kier molecular flexibility index (Phi) is 5.07. The van der Waals surface area contributed by atoms with E-state index in [1.807, 2.05) is 30.3 Å². The van der Waals surface area contributed by atoms with Gasteiger partial charge in [-0.3, -0.25) is 0 Å². The third-order valence-corrected chi connectivity index (χ3v) is 3.27. The van der Waals surface area contributed by atoms with E-state index in [0.29, 0.717) is 0 Å². The second kappa shape index (κ2) is 7.09. The summed E-state index contributed by atoms with van der Waals surface area (Å²) in [5, 5.41) is 5.51. The molecule has 0 bridgehead atoms. The Balaban J connectivity index is 1.52. The maximum Gasteiger partial charge on any atom is 0.119 e. The summed E-state index contributed by atoms with van der Waals surface area (Å²) in [4.78, 5) is 1.38. The van der Waals surface area contributed by atoms with Crippen molar-refractivity contribution in [2.24, 2.45) is 0 Å². The van der Waals surface area contributed by atoms with Crippen LogP contribution in [-0.4, -0.2) is 13.2 Å². The zero-order chi connectivity index (χ0) is 11.8. The normalized spacial score (nSPS) is 10.4. The molecule has 0 fully saturated rings. The van der Waals surface area contributed by atoms with Crippen LogP contribution in [0.4, 0.5) is 0 Å². The fraction of sp³-hybridized carbons (Fsp3) is 0.286. The van der Waals surface area contributed by atoms with Gasteiger partial charge in [-0.05, 0) is 36.5 Å². The third-order valence-electron chi connectivity index (χ3n) is 2.39. The molecule has 0 spiro atoms. The Bertz CT molecular complexity index is 399. The molecule has 0 aliphatic rings. The molecule has 1 heterocycles. The van der Waals surface area contributed by atoms with Gasteiger partial charge in [-0.15, -0.1) is 11.3 Å². The second-order valence-corrected chi connectivity index (χ2v) is 4.80. The molecule has 0 aliphatic carbocycles. The van der Waals surface area contributed by atoms with Crippen LogP contribution in [0.2, 0.25) is 0 Å². The molecule has 17 heavy (non-hydrogen) atoms. The summed E-state index contributed by atoms with van der Waals surface area (Å²) in [7, 11) is 0. The van der Waals surface area contributed by atoms with Crippen molar-refractivity contribution in [1.82, 2.24) is 5.32 Å². The Morgan fingerprint density at radius 3 is 2.71 bits per heavy atom. The molecule has 0 aliphatic heterocycles. The summed E-state index contributed by atoms with van der Waals surface area (Å²) in [6.45, 7) is 2.72. The molecule has 0 radical (unpaired) electrons. The van der Waals surface area contributed by atoms with Gasteiger partial charge in [0.1, 0.15) is 5.75 Å². The van der Waals surface area contributed by atoms with Gasteiger partial charge in [0.15, 0.2) is 0 Å². The highest BCUT2D eigenvalue weighted by Crippen LogP contribution is 2.09. The average molecular weight is 247 g/mol. The highest BCUT2D eigenvalue weighted by Gasteiger charge is 1.94. The fourth-order valence-corrected chi connectivity index (χ4v) is 2.20. The number of nitrogens with one attached hydrogen (secondary N) is 1. The van der Waals surface area contributed by atoms with E-state index in [-0.39, 0.29) is 0 Å². The van der Waals surface area contributed by atoms with Gasteiger partial charge in [0.05, 0.1) is 6.61 Å². The van der Waals surface area contributed by atoms with Gasteiger partial charge in [-0.1, -0.05) is 24.3 Å². The number of rotatable bonds is 7. The van der Waals surface area contributed by atoms with E-state index < -0.39 is 0 Å². The predicted octanol–water partition coefficient (Wildman–Crippen LogP) is 3.31. The predicted molar refractivity (Wildman–Crippen MR) is 72.6 cm³/mol. The highest BCUT2D eigenvalue weighted by atomic mass is 32.1. The lowest BCUT2D eigenvalue weighted by Gasteiger charge is -2.06. The standard InChI is InChI=1S/C14H17NOS/c1-2-6-13(7-3-1)16-10-5-9-15-12-14-8-4-11-17-14/h1-4,6-8,11,15H,5,9-10,12H2. The second-order valence-electron chi connectivity index (χ2n) is 3.77. The van der Waals surface area contributed by atoms with Crippen LogP contribution in [0.5, 0.6) is 5.75 Å². The summed E-state index contributed by atoms with van der Waals surface area (Å²) in [5.74, 6) is 0.950. The van der Waals surface area contributed by atoms with Crippen molar-refractivity contribution in [3.63, 3.8) is 0 Å². The lowest BCUT2D eigenvalue weighted by molar-refractivity contribution is 0.308. The molecule has 2 nitrogen and oxygen atoms in total. The first kappa shape index (κ1) is 12.1. The summed E-state index contributed by atoms with van der Waals surface area (Å²) < 4.78 is 5.61. The lowest BCUT2D eigenvalue weighted by atomic mass is 10.3. The van der Waals surface area contributed by atoms with Gasteiger partial charge in [-0.2, -0.15) is 0 Å². The molecule has 1 N–H and O–H groups in total. The zero-order valence-electron chi connectivity index (χ0n) is 9.76. The van der Waals surface area contributed by atoms with Gasteiger partial charge in [0.2, 0.25) is 0 Å². The number of hydrogen-bond donors (Lipinski definition) is 1. The van der Waals surface area contributed by atoms with Crippen molar-refractivity contribution in [3.8, 4) is 5.75 Å². The van der Waals surface area contributed by atoms with E-state index in [9.17, 15) is 0 Å². The molecule has 3 heteroatoms. The van der Waals surface area contributed by atoms with Gasteiger partial charge >= 0.3 is 0 Å². The summed E-state index contributed by atoms with van der Waals surface area (Å²) in [5.41, 5.74) is 0. The van der Waals surface area contributed by atoms with Crippen LogP contribution in [0.15, 0.2) is 47.8 Å². The van der Waals surface area contributed by atoms with Gasteiger partial charge in [0.25, 0.3) is 0 Å². The van der Waals surface area contributed by atoms with Crippen molar-refractivity contribution >= 4 is 11.3 Å². The molecule has 2 aromatic rings. The van der Waals surface area contributed by atoms with Crippen LogP contribution in [0, 0.1) is 0 Å². The molecule has 90 valence electrons. The van der Waals surface area contributed by atoms with Gasteiger partial charge < -0.3 is 10.1 Å². The van der Waals surface area contributed by atoms with E-state index >= 15 is 0 Å². The third kappa shape index (κ3) is 4.59. The van der Waals surface area contributed by atoms with Gasteiger partial charge in [-0.25, -0.2) is 0 Å². The Morgan fingerprint density at radius 2 is 1.94 bits per heavy atom. The fourth-order valence-electron chi connectivity index (χ4n) is 1.53. The summed E-state index contributed by atoms with van der Waals surface area (Å²) >= 11 is 1.79. The molecule has 0 amide bonds. The van der Waals surface area contributed by atoms with Crippen LogP contribution >= 0.6 is 11.3 Å². The first-order valence-electron chi connectivity index (χ1n) is 5.86. The Hall–Kier alpha value is -1.32. The van der Waals surface area contributed by atoms with E-state index in [1.165, 1.54) is 4.88 Å². The minimum atomic E-state index is 0.765. The number of ether oxygens (including phenoxy) is 1. The average Bonchev–Trinajstić information content (AvgIpc) is 2.88. The minimum Gasteiger partial charge on any atom is -0.494 e. The van der Waals surface area contributed by atoms with E-state index in [4.69, 9.17) is 4.74 Å². The SMILES string of the molecule is c1ccc(OCCCNCc2cccs2)cc1. The van der Waals surface area contributed by atoms with Crippen molar-refractivity contribution in [2.45, 2.75) is 13.0 Å². The zero-order valence-corrected chi connectivity index (χ0v) is 10.6. The van der Waals surface area contributed by atoms with E-state index in [2.05, 4.69) is 22.8 Å². The number of thiophene rings is 1. The molecule has 1 aromatic heterocycles. The Labute approximate surface area is 106 Å². The van der Waals surface area contributed by atoms with Crippen molar-refractivity contribution in [1.29, 1.82) is 0 Å². The largest absolute Gasteiger partial charge is 0.494 e. The Morgan fingerprint density at radius 1 is 1.06 bits per heavy atom. The number of benzene rings is 1. The maximum absolute atomic E-state index is 5.61. The van der Waals surface area contributed by atoms with E-state index in [0.717, 1.165) is 31.9 Å². The molecule has 0 atom stereocenters. The van der Waals surface area contributed by atoms with Crippen LogP contribution in [0.3, 0.4) is 0 Å². The van der Waals surface area contributed by atoms with Crippen LogP contribution in [0.1, 0.15) is 11.3 Å². The van der Waals surface area contributed by atoms with Crippen LogP contribution < -0.4 is 10.1 Å². The van der Waals surface area contributed by atoms with Crippen LogP contribution in [0.25, 0.3) is 0 Å². The topological polar surface area (TPSA) is 21.3 Å². The lowest BCUT2D eigenvalue weighted by Crippen LogP contribution is -2.16. The highest BCUT2D eigenvalue weighted by molar-refractivity contribution is 7.09. The first-order valence-corrected chi connectivity index (χ1v) is 6.74. The monoisotopic (exact) mass is 247 g/mol. The smallest absolute Gasteiger partial charge is 0.119 e. The van der Waals surface area contributed by atoms with Crippen molar-refractivity contribution < 1.29 is 4.74 Å². The molecular weight excluding hydrogens is 230 g/mol. The number of para-hydroxylation sites is 1. The van der Waals surface area contributed by atoms with Gasteiger partial charge in [0, 0.05) is 11.4 Å². The summed E-state index contributed by atoms with van der Waals surface area (Å²) in [6.07, 6.45) is 1.03. The van der Waals surface area contributed by atoms with Crippen molar-refractivity contribution in [2.75, 3.05) is 13.2 Å². The molecular formula is C14H17NOS. The minimum absolute atomic E-state index is 0.765. The molecule has 0 unspecified atom stereocenters. The molecule has 0 saturated carbocycles.